The smallest absolute Gasteiger partial charge is 0.0502 e. The van der Waals surface area contributed by atoms with Gasteiger partial charge in [-0.25, -0.2) is 0 Å². The predicted octanol–water partition coefficient (Wildman–Crippen LogP) is 2.52. The summed E-state index contributed by atoms with van der Waals surface area (Å²) in [6.07, 6.45) is 0. The first-order valence-corrected chi connectivity index (χ1v) is 4.33. The lowest BCUT2D eigenvalue weighted by atomic mass is 10.1. The molecule has 1 aromatic rings. The Bertz CT molecular complexity index is 273. The summed E-state index contributed by atoms with van der Waals surface area (Å²) in [5.74, 6) is 0. The molecule has 0 aliphatic heterocycles. The molecule has 0 aromatic heterocycles. The highest BCUT2D eigenvalue weighted by atomic mass is 32.1. The number of nitrogens with one attached hydrogen (secondary N) is 1. The molecule has 0 fully saturated rings. The van der Waals surface area contributed by atoms with Crippen LogP contribution in [0.4, 0.5) is 0 Å². The maximum Gasteiger partial charge on any atom is 0.0502 e. The minimum absolute atomic E-state index is 1.00. The van der Waals surface area contributed by atoms with Crippen LogP contribution in [0.25, 0.3) is 5.70 Å². The SMILES string of the molecule is CN/C(=C(/C)S)c1ccccc1. The minimum atomic E-state index is 1.00. The van der Waals surface area contributed by atoms with E-state index in [0.29, 0.717) is 0 Å². The van der Waals surface area contributed by atoms with Crippen molar-refractivity contribution in [1.29, 1.82) is 0 Å². The molecule has 0 radical (unpaired) electrons. The third kappa shape index (κ3) is 2.05. The molecule has 0 aliphatic rings. The van der Waals surface area contributed by atoms with Crippen molar-refractivity contribution >= 4 is 18.3 Å². The summed E-state index contributed by atoms with van der Waals surface area (Å²) < 4.78 is 0. The monoisotopic (exact) mass is 179 g/mol. The molecule has 64 valence electrons. The van der Waals surface area contributed by atoms with Crippen molar-refractivity contribution in [3.63, 3.8) is 0 Å². The Labute approximate surface area is 78.9 Å². The Hall–Kier alpha value is -0.890. The van der Waals surface area contributed by atoms with Crippen LogP contribution in [0, 0.1) is 0 Å². The summed E-state index contributed by atoms with van der Waals surface area (Å²) in [5.41, 5.74) is 2.26. The average Bonchev–Trinajstić information content (AvgIpc) is 2.07. The molecular weight excluding hydrogens is 166 g/mol. The van der Waals surface area contributed by atoms with E-state index in [0.717, 1.165) is 10.6 Å². The standard InChI is InChI=1S/C10H13NS/c1-8(12)10(11-2)9-6-4-3-5-7-9/h3-7,11-12H,1-2H3/b10-8-. The van der Waals surface area contributed by atoms with Gasteiger partial charge in [-0.1, -0.05) is 30.3 Å². The Morgan fingerprint density at radius 1 is 1.25 bits per heavy atom. The second-order valence-electron chi connectivity index (χ2n) is 2.58. The van der Waals surface area contributed by atoms with E-state index in [1.165, 1.54) is 5.56 Å². The van der Waals surface area contributed by atoms with E-state index in [1.54, 1.807) is 0 Å². The van der Waals surface area contributed by atoms with Crippen molar-refractivity contribution in [2.75, 3.05) is 7.05 Å². The van der Waals surface area contributed by atoms with Gasteiger partial charge in [0, 0.05) is 12.0 Å². The number of allylic oxidation sites excluding steroid dienone is 1. The van der Waals surface area contributed by atoms with Gasteiger partial charge in [-0.3, -0.25) is 0 Å². The zero-order chi connectivity index (χ0) is 8.97. The van der Waals surface area contributed by atoms with E-state index in [-0.39, 0.29) is 0 Å². The van der Waals surface area contributed by atoms with Crippen LogP contribution in [-0.4, -0.2) is 7.05 Å². The summed E-state index contributed by atoms with van der Waals surface area (Å²) in [6.45, 7) is 1.97. The number of hydrogen-bond donors (Lipinski definition) is 2. The van der Waals surface area contributed by atoms with Crippen molar-refractivity contribution in [2.24, 2.45) is 0 Å². The quantitative estimate of drug-likeness (QED) is 0.665. The second-order valence-corrected chi connectivity index (χ2v) is 3.25. The Balaban J connectivity index is 3.05. The van der Waals surface area contributed by atoms with E-state index < -0.39 is 0 Å². The number of rotatable bonds is 2. The molecule has 1 N–H and O–H groups in total. The van der Waals surface area contributed by atoms with E-state index in [9.17, 15) is 0 Å². The van der Waals surface area contributed by atoms with E-state index in [4.69, 9.17) is 0 Å². The molecule has 12 heavy (non-hydrogen) atoms. The van der Waals surface area contributed by atoms with Crippen LogP contribution >= 0.6 is 12.6 Å². The zero-order valence-corrected chi connectivity index (χ0v) is 8.23. The molecule has 0 unspecified atom stereocenters. The van der Waals surface area contributed by atoms with Crippen molar-refractivity contribution in [3.8, 4) is 0 Å². The molecule has 2 heteroatoms. The van der Waals surface area contributed by atoms with Gasteiger partial charge >= 0.3 is 0 Å². The van der Waals surface area contributed by atoms with Crippen LogP contribution in [0.1, 0.15) is 12.5 Å². The first-order valence-electron chi connectivity index (χ1n) is 3.88. The first kappa shape index (κ1) is 9.20. The van der Waals surface area contributed by atoms with Gasteiger partial charge < -0.3 is 5.32 Å². The fourth-order valence-electron chi connectivity index (χ4n) is 1.14. The third-order valence-corrected chi connectivity index (χ3v) is 1.90. The van der Waals surface area contributed by atoms with Gasteiger partial charge in [-0.2, -0.15) is 0 Å². The van der Waals surface area contributed by atoms with Gasteiger partial charge in [0.25, 0.3) is 0 Å². The molecule has 0 amide bonds. The van der Waals surface area contributed by atoms with Crippen LogP contribution in [0.3, 0.4) is 0 Å². The highest BCUT2D eigenvalue weighted by Crippen LogP contribution is 2.16. The average molecular weight is 179 g/mol. The summed E-state index contributed by atoms with van der Waals surface area (Å²) in [7, 11) is 1.90. The van der Waals surface area contributed by atoms with Gasteiger partial charge in [-0.15, -0.1) is 12.6 Å². The van der Waals surface area contributed by atoms with E-state index >= 15 is 0 Å². The maximum absolute atomic E-state index is 4.30. The van der Waals surface area contributed by atoms with Gasteiger partial charge in [0.15, 0.2) is 0 Å². The lowest BCUT2D eigenvalue weighted by Gasteiger charge is -2.07. The normalized spacial score (nSPS) is 12.2. The largest absolute Gasteiger partial charge is 0.387 e. The fraction of sp³-hybridized carbons (Fsp3) is 0.200. The number of benzene rings is 1. The molecule has 0 bridgehead atoms. The van der Waals surface area contributed by atoms with Gasteiger partial charge in [0.2, 0.25) is 0 Å². The summed E-state index contributed by atoms with van der Waals surface area (Å²) in [4.78, 5) is 1.00. The van der Waals surface area contributed by atoms with Crippen LogP contribution in [-0.2, 0) is 0 Å². The van der Waals surface area contributed by atoms with Crippen molar-refractivity contribution in [1.82, 2.24) is 5.32 Å². The molecule has 1 aromatic carbocycles. The molecule has 0 atom stereocenters. The van der Waals surface area contributed by atoms with Crippen LogP contribution < -0.4 is 5.32 Å². The highest BCUT2D eigenvalue weighted by Gasteiger charge is 1.98. The van der Waals surface area contributed by atoms with Crippen LogP contribution in [0.15, 0.2) is 35.2 Å². The summed E-state index contributed by atoms with van der Waals surface area (Å²) in [6, 6.07) is 10.2. The van der Waals surface area contributed by atoms with E-state index in [2.05, 4.69) is 30.1 Å². The van der Waals surface area contributed by atoms with Crippen LogP contribution in [0.5, 0.6) is 0 Å². The minimum Gasteiger partial charge on any atom is -0.387 e. The molecule has 1 rings (SSSR count). The molecule has 0 saturated heterocycles. The van der Waals surface area contributed by atoms with Gasteiger partial charge in [0.05, 0.1) is 5.70 Å². The Morgan fingerprint density at radius 2 is 1.83 bits per heavy atom. The lowest BCUT2D eigenvalue weighted by molar-refractivity contribution is 1.12. The van der Waals surface area contributed by atoms with Crippen molar-refractivity contribution in [3.05, 3.63) is 40.8 Å². The molecule has 0 aliphatic carbocycles. The zero-order valence-electron chi connectivity index (χ0n) is 7.33. The van der Waals surface area contributed by atoms with Crippen molar-refractivity contribution < 1.29 is 0 Å². The molecular formula is C10H13NS. The summed E-state index contributed by atoms with van der Waals surface area (Å²) >= 11 is 4.30. The number of thiol groups is 1. The fourth-order valence-corrected chi connectivity index (χ4v) is 1.38. The third-order valence-electron chi connectivity index (χ3n) is 1.67. The lowest BCUT2D eigenvalue weighted by Crippen LogP contribution is -2.05. The Morgan fingerprint density at radius 3 is 2.25 bits per heavy atom. The maximum atomic E-state index is 4.30. The molecule has 0 saturated carbocycles. The van der Waals surface area contributed by atoms with Crippen molar-refractivity contribution in [2.45, 2.75) is 6.92 Å². The molecule has 0 spiro atoms. The summed E-state index contributed by atoms with van der Waals surface area (Å²) in [5, 5.41) is 3.12. The molecule has 1 nitrogen and oxygen atoms in total. The van der Waals surface area contributed by atoms with Gasteiger partial charge in [0.1, 0.15) is 0 Å². The van der Waals surface area contributed by atoms with E-state index in [1.807, 2.05) is 32.2 Å². The first-order chi connectivity index (χ1) is 5.75. The van der Waals surface area contributed by atoms with Crippen LogP contribution in [0.2, 0.25) is 0 Å². The number of hydrogen-bond acceptors (Lipinski definition) is 2. The highest BCUT2D eigenvalue weighted by molar-refractivity contribution is 7.84. The predicted molar refractivity (Wildman–Crippen MR) is 57.1 cm³/mol. The second kappa shape index (κ2) is 4.21. The van der Waals surface area contributed by atoms with Gasteiger partial charge in [-0.05, 0) is 12.5 Å². The topological polar surface area (TPSA) is 12.0 Å². The Kier molecular flexibility index (Phi) is 3.23. The molecule has 0 heterocycles.